The maximum absolute atomic E-state index is 5.43. The fraction of sp³-hybridized carbons (Fsp3) is 0.400. The second kappa shape index (κ2) is 4.16. The smallest absolute Gasteiger partial charge is 0.0153 e. The van der Waals surface area contributed by atoms with Gasteiger partial charge in [-0.3, -0.25) is 0 Å². The van der Waals surface area contributed by atoms with Crippen LogP contribution in [-0.4, -0.2) is 13.3 Å². The van der Waals surface area contributed by atoms with Crippen LogP contribution in [0.5, 0.6) is 0 Å². The quantitative estimate of drug-likeness (QED) is 0.703. The lowest BCUT2D eigenvalue weighted by molar-refractivity contribution is 1.27. The van der Waals surface area contributed by atoms with Gasteiger partial charge < -0.3 is 0 Å². The van der Waals surface area contributed by atoms with Crippen molar-refractivity contribution >= 4 is 28.4 Å². The van der Waals surface area contributed by atoms with Crippen LogP contribution in [0.1, 0.15) is 11.1 Å². The zero-order valence-electron chi connectivity index (χ0n) is 8.50. The maximum atomic E-state index is 5.43. The number of hydrogen-bond donors (Lipinski definition) is 0. The van der Waals surface area contributed by atoms with Gasteiger partial charge in [0.15, 0.2) is 0 Å². The standard InChI is InChI=1S/C10H15PS2/c1-8-5-6-10(9(2)7-8)13-11(3,4)12/h5-7H,1-4H3. The van der Waals surface area contributed by atoms with Crippen LogP contribution in [-0.2, 0) is 11.8 Å². The van der Waals surface area contributed by atoms with Crippen molar-refractivity contribution in [3.05, 3.63) is 29.3 Å². The first-order valence-electron chi connectivity index (χ1n) is 4.20. The number of aryl methyl sites for hydroxylation is 2. The van der Waals surface area contributed by atoms with Crippen molar-refractivity contribution in [2.75, 3.05) is 13.3 Å². The summed E-state index contributed by atoms with van der Waals surface area (Å²) in [6.07, 6.45) is 0. The minimum absolute atomic E-state index is 1.18. The molecule has 0 bridgehead atoms. The van der Waals surface area contributed by atoms with Crippen LogP contribution in [0.4, 0.5) is 0 Å². The molecule has 0 aliphatic rings. The molecule has 0 aliphatic heterocycles. The molecule has 0 heterocycles. The van der Waals surface area contributed by atoms with Crippen molar-refractivity contribution in [1.29, 1.82) is 0 Å². The Kier molecular flexibility index (Phi) is 3.62. The highest BCUT2D eigenvalue weighted by atomic mass is 32.9. The summed E-state index contributed by atoms with van der Waals surface area (Å²) >= 11 is 7.30. The molecule has 0 aliphatic carbocycles. The average Bonchev–Trinajstić information content (AvgIpc) is 1.93. The van der Waals surface area contributed by atoms with E-state index in [0.29, 0.717) is 0 Å². The molecule has 0 spiro atoms. The average molecular weight is 230 g/mol. The van der Waals surface area contributed by atoms with E-state index in [1.54, 1.807) is 0 Å². The molecule has 0 atom stereocenters. The third-order valence-corrected chi connectivity index (χ3v) is 5.32. The number of benzene rings is 1. The topological polar surface area (TPSA) is 0 Å². The van der Waals surface area contributed by atoms with E-state index in [1.165, 1.54) is 16.0 Å². The van der Waals surface area contributed by atoms with E-state index >= 15 is 0 Å². The van der Waals surface area contributed by atoms with E-state index in [1.807, 2.05) is 11.4 Å². The molecule has 3 heteroatoms. The van der Waals surface area contributed by atoms with Gasteiger partial charge in [0.1, 0.15) is 0 Å². The molecule has 1 aromatic rings. The van der Waals surface area contributed by atoms with Gasteiger partial charge in [-0.1, -0.05) is 40.9 Å². The van der Waals surface area contributed by atoms with Gasteiger partial charge in [-0.25, -0.2) is 0 Å². The molecule has 1 rings (SSSR count). The van der Waals surface area contributed by atoms with Crippen LogP contribution in [0, 0.1) is 13.8 Å². The molecule has 13 heavy (non-hydrogen) atoms. The van der Waals surface area contributed by atoms with Crippen LogP contribution < -0.4 is 0 Å². The summed E-state index contributed by atoms with van der Waals surface area (Å²) in [5.41, 5.74) is 2.67. The van der Waals surface area contributed by atoms with E-state index in [-0.39, 0.29) is 0 Å². The molecule has 0 radical (unpaired) electrons. The normalized spacial score (nSPS) is 11.7. The third-order valence-electron chi connectivity index (χ3n) is 1.65. The van der Waals surface area contributed by atoms with Crippen molar-refractivity contribution < 1.29 is 0 Å². The Morgan fingerprint density at radius 1 is 1.23 bits per heavy atom. The molecule has 0 nitrogen and oxygen atoms in total. The van der Waals surface area contributed by atoms with Crippen LogP contribution in [0.15, 0.2) is 23.1 Å². The first-order valence-corrected chi connectivity index (χ1v) is 9.32. The third kappa shape index (κ3) is 3.84. The van der Waals surface area contributed by atoms with Gasteiger partial charge in [-0.15, -0.1) is 0 Å². The summed E-state index contributed by atoms with van der Waals surface area (Å²) in [7, 11) is 0. The van der Waals surface area contributed by atoms with Crippen LogP contribution in [0.2, 0.25) is 0 Å². The van der Waals surface area contributed by atoms with E-state index in [0.717, 1.165) is 0 Å². The molecule has 72 valence electrons. The van der Waals surface area contributed by atoms with Gasteiger partial charge in [0, 0.05) is 10.1 Å². The number of hydrogen-bond acceptors (Lipinski definition) is 2. The minimum atomic E-state index is -1.18. The Morgan fingerprint density at radius 2 is 1.85 bits per heavy atom. The van der Waals surface area contributed by atoms with Gasteiger partial charge >= 0.3 is 0 Å². The SMILES string of the molecule is Cc1ccc(SP(C)(C)=S)c(C)c1. The van der Waals surface area contributed by atoms with E-state index in [9.17, 15) is 0 Å². The fourth-order valence-electron chi connectivity index (χ4n) is 1.14. The highest BCUT2D eigenvalue weighted by molar-refractivity contribution is 8.70. The Balaban J connectivity index is 2.97. The zero-order chi connectivity index (χ0) is 10.1. The van der Waals surface area contributed by atoms with Crippen molar-refractivity contribution in [2.45, 2.75) is 18.7 Å². The zero-order valence-corrected chi connectivity index (χ0v) is 11.0. The number of rotatable bonds is 2. The van der Waals surface area contributed by atoms with Gasteiger partial charge in [0.2, 0.25) is 0 Å². The fourth-order valence-corrected chi connectivity index (χ4v) is 4.70. The molecule has 0 N–H and O–H groups in total. The maximum Gasteiger partial charge on any atom is 0.0153 e. The van der Waals surface area contributed by atoms with Crippen LogP contribution >= 0.6 is 16.6 Å². The molecule has 0 fully saturated rings. The van der Waals surface area contributed by atoms with E-state index in [4.69, 9.17) is 11.8 Å². The Hall–Kier alpha value is 0.220. The molecule has 0 saturated carbocycles. The van der Waals surface area contributed by atoms with E-state index < -0.39 is 5.24 Å². The van der Waals surface area contributed by atoms with Crippen LogP contribution in [0.25, 0.3) is 0 Å². The minimum Gasteiger partial charge on any atom is -0.0885 e. The lowest BCUT2D eigenvalue weighted by Gasteiger charge is -2.11. The Labute approximate surface area is 89.9 Å². The van der Waals surface area contributed by atoms with Gasteiger partial charge in [-0.2, -0.15) is 0 Å². The summed E-state index contributed by atoms with van der Waals surface area (Å²) < 4.78 is 0. The molecule has 0 aromatic heterocycles. The van der Waals surface area contributed by atoms with E-state index in [2.05, 4.69) is 45.4 Å². The van der Waals surface area contributed by atoms with Gasteiger partial charge in [0.25, 0.3) is 0 Å². The lowest BCUT2D eigenvalue weighted by Crippen LogP contribution is -1.80. The summed E-state index contributed by atoms with van der Waals surface area (Å²) in [6.45, 7) is 8.62. The summed E-state index contributed by atoms with van der Waals surface area (Å²) in [5, 5.41) is -1.18. The van der Waals surface area contributed by atoms with Crippen molar-refractivity contribution in [2.24, 2.45) is 0 Å². The molecule has 0 saturated heterocycles. The lowest BCUT2D eigenvalue weighted by atomic mass is 10.2. The Morgan fingerprint density at radius 3 is 2.31 bits per heavy atom. The van der Waals surface area contributed by atoms with Crippen molar-refractivity contribution in [1.82, 2.24) is 0 Å². The molecule has 0 amide bonds. The first kappa shape index (κ1) is 11.3. The summed E-state index contributed by atoms with van der Waals surface area (Å²) in [4.78, 5) is 1.35. The monoisotopic (exact) mass is 230 g/mol. The predicted octanol–water partition coefficient (Wildman–Crippen LogP) is 4.05. The second-order valence-electron chi connectivity index (χ2n) is 3.61. The van der Waals surface area contributed by atoms with Gasteiger partial charge in [-0.05, 0) is 38.8 Å². The summed E-state index contributed by atoms with van der Waals surface area (Å²) in [5.74, 6) is 0. The molecule has 0 unspecified atom stereocenters. The summed E-state index contributed by atoms with van der Waals surface area (Å²) in [6, 6.07) is 6.55. The largest absolute Gasteiger partial charge is 0.0885 e. The molecular weight excluding hydrogens is 215 g/mol. The highest BCUT2D eigenvalue weighted by Crippen LogP contribution is 2.56. The van der Waals surface area contributed by atoms with Gasteiger partial charge in [0.05, 0.1) is 0 Å². The van der Waals surface area contributed by atoms with Crippen LogP contribution in [0.3, 0.4) is 0 Å². The molecular formula is C10H15PS2. The molecule has 1 aromatic carbocycles. The second-order valence-corrected chi connectivity index (χ2v) is 13.5. The highest BCUT2D eigenvalue weighted by Gasteiger charge is 2.06. The predicted molar refractivity (Wildman–Crippen MR) is 67.9 cm³/mol. The Bertz CT molecular complexity index is 352. The first-order chi connectivity index (χ1) is 5.88. The van der Waals surface area contributed by atoms with Crippen molar-refractivity contribution in [3.8, 4) is 0 Å². The van der Waals surface area contributed by atoms with Crippen molar-refractivity contribution in [3.63, 3.8) is 0 Å².